The Hall–Kier alpha value is -1.59. The maximum Gasteiger partial charge on any atom is 0.241 e. The SMILES string of the molecule is CCOC1CC(N)(C(=O)NCc2ccccc2OC2CCCC2)C1(C)C. The highest BCUT2D eigenvalue weighted by Gasteiger charge is 2.62. The predicted molar refractivity (Wildman–Crippen MR) is 102 cm³/mol. The standard InChI is InChI=1S/C21H32N2O3/c1-4-25-18-13-21(22,20(18,2)3)19(24)23-14-15-9-5-8-12-17(15)26-16-10-6-7-11-16/h5,8-9,12,16,18H,4,6-7,10-11,13-14,22H2,1-3H3,(H,23,24). The van der Waals surface area contributed by atoms with E-state index in [1.165, 1.54) is 12.8 Å². The summed E-state index contributed by atoms with van der Waals surface area (Å²) in [6.07, 6.45) is 5.57. The first-order valence-corrected chi connectivity index (χ1v) is 9.82. The molecule has 2 fully saturated rings. The monoisotopic (exact) mass is 360 g/mol. The van der Waals surface area contributed by atoms with Gasteiger partial charge in [0, 0.05) is 30.6 Å². The van der Waals surface area contributed by atoms with E-state index in [4.69, 9.17) is 15.2 Å². The fourth-order valence-corrected chi connectivity index (χ4v) is 4.10. The molecule has 1 aromatic carbocycles. The van der Waals surface area contributed by atoms with Crippen LogP contribution in [-0.4, -0.2) is 30.3 Å². The van der Waals surface area contributed by atoms with Gasteiger partial charge in [-0.25, -0.2) is 0 Å². The molecule has 0 spiro atoms. The van der Waals surface area contributed by atoms with Crippen molar-refractivity contribution in [2.45, 2.75) is 77.2 Å². The topological polar surface area (TPSA) is 73.6 Å². The van der Waals surface area contributed by atoms with E-state index in [0.29, 0.717) is 25.7 Å². The van der Waals surface area contributed by atoms with E-state index in [1.54, 1.807) is 0 Å². The van der Waals surface area contributed by atoms with Crippen LogP contribution in [0.15, 0.2) is 24.3 Å². The molecular weight excluding hydrogens is 328 g/mol. The molecule has 2 aliphatic rings. The maximum atomic E-state index is 12.8. The number of ether oxygens (including phenoxy) is 2. The average molecular weight is 360 g/mol. The number of benzene rings is 1. The van der Waals surface area contributed by atoms with Crippen LogP contribution < -0.4 is 15.8 Å². The summed E-state index contributed by atoms with van der Waals surface area (Å²) < 4.78 is 11.9. The van der Waals surface area contributed by atoms with Crippen molar-refractivity contribution in [1.82, 2.24) is 5.32 Å². The molecular formula is C21H32N2O3. The van der Waals surface area contributed by atoms with Gasteiger partial charge in [-0.05, 0) is 38.7 Å². The summed E-state index contributed by atoms with van der Waals surface area (Å²) in [5.41, 5.74) is 6.17. The van der Waals surface area contributed by atoms with Gasteiger partial charge in [0.2, 0.25) is 5.91 Å². The van der Waals surface area contributed by atoms with Crippen LogP contribution in [0.1, 0.15) is 58.4 Å². The summed E-state index contributed by atoms with van der Waals surface area (Å²) >= 11 is 0. The highest BCUT2D eigenvalue weighted by atomic mass is 16.5. The van der Waals surface area contributed by atoms with E-state index < -0.39 is 5.54 Å². The molecule has 2 aliphatic carbocycles. The zero-order valence-electron chi connectivity index (χ0n) is 16.2. The van der Waals surface area contributed by atoms with Gasteiger partial charge in [-0.1, -0.05) is 32.0 Å². The molecule has 0 heterocycles. The van der Waals surface area contributed by atoms with E-state index in [1.807, 2.05) is 45.0 Å². The molecule has 0 radical (unpaired) electrons. The third-order valence-corrected chi connectivity index (χ3v) is 6.24. The van der Waals surface area contributed by atoms with Crippen molar-refractivity contribution in [1.29, 1.82) is 0 Å². The fraction of sp³-hybridized carbons (Fsp3) is 0.667. The summed E-state index contributed by atoms with van der Waals surface area (Å²) in [5.74, 6) is 0.750. The Morgan fingerprint density at radius 2 is 1.96 bits per heavy atom. The lowest BCUT2D eigenvalue weighted by Crippen LogP contribution is -2.75. The number of hydrogen-bond acceptors (Lipinski definition) is 4. The number of carbonyl (C=O) groups excluding carboxylic acids is 1. The quantitative estimate of drug-likeness (QED) is 0.783. The third-order valence-electron chi connectivity index (χ3n) is 6.24. The molecule has 0 aromatic heterocycles. The van der Waals surface area contributed by atoms with Crippen molar-refractivity contribution < 1.29 is 14.3 Å². The van der Waals surface area contributed by atoms with E-state index in [2.05, 4.69) is 5.32 Å². The summed E-state index contributed by atoms with van der Waals surface area (Å²) in [5, 5.41) is 3.03. The Bertz CT molecular complexity index is 640. The first kappa shape index (κ1) is 19.2. The van der Waals surface area contributed by atoms with Gasteiger partial charge in [0.15, 0.2) is 0 Å². The summed E-state index contributed by atoms with van der Waals surface area (Å²) in [6.45, 7) is 7.04. The molecule has 5 nitrogen and oxygen atoms in total. The molecule has 2 atom stereocenters. The predicted octanol–water partition coefficient (Wildman–Crippen LogP) is 3.16. The van der Waals surface area contributed by atoms with E-state index in [9.17, 15) is 4.79 Å². The molecule has 2 saturated carbocycles. The second kappa shape index (κ2) is 7.57. The smallest absolute Gasteiger partial charge is 0.241 e. The molecule has 2 unspecified atom stereocenters. The summed E-state index contributed by atoms with van der Waals surface area (Å²) in [6, 6.07) is 7.93. The molecule has 0 bridgehead atoms. The van der Waals surface area contributed by atoms with Crippen molar-refractivity contribution in [2.24, 2.45) is 11.1 Å². The van der Waals surface area contributed by atoms with Crippen molar-refractivity contribution in [3.8, 4) is 5.75 Å². The Balaban J connectivity index is 1.61. The van der Waals surface area contributed by atoms with Crippen molar-refractivity contribution in [3.05, 3.63) is 29.8 Å². The van der Waals surface area contributed by atoms with Gasteiger partial charge in [0.1, 0.15) is 11.3 Å². The fourth-order valence-electron chi connectivity index (χ4n) is 4.10. The van der Waals surface area contributed by atoms with Crippen LogP contribution in [0.5, 0.6) is 5.75 Å². The molecule has 3 rings (SSSR count). The second-order valence-corrected chi connectivity index (χ2v) is 8.16. The third kappa shape index (κ3) is 3.47. The van der Waals surface area contributed by atoms with Crippen LogP contribution in [0.2, 0.25) is 0 Å². The van der Waals surface area contributed by atoms with Crippen molar-refractivity contribution in [3.63, 3.8) is 0 Å². The largest absolute Gasteiger partial charge is 0.490 e. The lowest BCUT2D eigenvalue weighted by atomic mass is 9.54. The first-order chi connectivity index (χ1) is 12.4. The zero-order chi connectivity index (χ0) is 18.8. The Labute approximate surface area is 156 Å². The van der Waals surface area contributed by atoms with E-state index in [0.717, 1.165) is 24.2 Å². The summed E-state index contributed by atoms with van der Waals surface area (Å²) in [7, 11) is 0. The number of carbonyl (C=O) groups is 1. The summed E-state index contributed by atoms with van der Waals surface area (Å²) in [4.78, 5) is 12.8. The lowest BCUT2D eigenvalue weighted by Gasteiger charge is -2.57. The molecule has 5 heteroatoms. The Morgan fingerprint density at radius 3 is 2.62 bits per heavy atom. The van der Waals surface area contributed by atoms with Gasteiger partial charge in [0.05, 0.1) is 12.2 Å². The lowest BCUT2D eigenvalue weighted by molar-refractivity contribution is -0.170. The normalized spacial score (nSPS) is 27.8. The molecule has 0 aliphatic heterocycles. The maximum absolute atomic E-state index is 12.8. The van der Waals surface area contributed by atoms with Crippen LogP contribution in [0.25, 0.3) is 0 Å². The minimum atomic E-state index is -0.895. The van der Waals surface area contributed by atoms with Crippen LogP contribution in [0.3, 0.4) is 0 Å². The molecule has 26 heavy (non-hydrogen) atoms. The highest BCUT2D eigenvalue weighted by Crippen LogP contribution is 2.49. The van der Waals surface area contributed by atoms with Crippen molar-refractivity contribution >= 4 is 5.91 Å². The number of hydrogen-bond donors (Lipinski definition) is 2. The number of amides is 1. The Kier molecular flexibility index (Phi) is 5.58. The highest BCUT2D eigenvalue weighted by molar-refractivity contribution is 5.88. The number of nitrogens with one attached hydrogen (secondary N) is 1. The minimum Gasteiger partial charge on any atom is -0.490 e. The van der Waals surface area contributed by atoms with Gasteiger partial charge in [-0.15, -0.1) is 0 Å². The number of nitrogens with two attached hydrogens (primary N) is 1. The van der Waals surface area contributed by atoms with Gasteiger partial charge < -0.3 is 20.5 Å². The second-order valence-electron chi connectivity index (χ2n) is 8.16. The van der Waals surface area contributed by atoms with Crippen LogP contribution in [0, 0.1) is 5.41 Å². The molecule has 0 saturated heterocycles. The molecule has 3 N–H and O–H groups in total. The first-order valence-electron chi connectivity index (χ1n) is 9.82. The molecule has 144 valence electrons. The van der Waals surface area contributed by atoms with Crippen LogP contribution in [-0.2, 0) is 16.1 Å². The van der Waals surface area contributed by atoms with Crippen molar-refractivity contribution in [2.75, 3.05) is 6.61 Å². The average Bonchev–Trinajstić information content (AvgIpc) is 3.13. The minimum absolute atomic E-state index is 0.0289. The van der Waals surface area contributed by atoms with Gasteiger partial charge in [-0.2, -0.15) is 0 Å². The van der Waals surface area contributed by atoms with Gasteiger partial charge in [0.25, 0.3) is 0 Å². The Morgan fingerprint density at radius 1 is 1.27 bits per heavy atom. The molecule has 1 amide bonds. The zero-order valence-corrected chi connectivity index (χ0v) is 16.2. The van der Waals surface area contributed by atoms with Gasteiger partial charge in [-0.3, -0.25) is 4.79 Å². The molecule has 1 aromatic rings. The van der Waals surface area contributed by atoms with Crippen LogP contribution >= 0.6 is 0 Å². The van der Waals surface area contributed by atoms with Crippen LogP contribution in [0.4, 0.5) is 0 Å². The number of para-hydroxylation sites is 1. The van der Waals surface area contributed by atoms with Gasteiger partial charge >= 0.3 is 0 Å². The number of rotatable bonds is 7. The van der Waals surface area contributed by atoms with E-state index >= 15 is 0 Å². The van der Waals surface area contributed by atoms with E-state index in [-0.39, 0.29) is 17.4 Å².